The highest BCUT2D eigenvalue weighted by molar-refractivity contribution is 8.26. The summed E-state index contributed by atoms with van der Waals surface area (Å²) in [5.74, 6) is 0.320. The van der Waals surface area contributed by atoms with Crippen molar-refractivity contribution in [3.05, 3.63) is 44.7 Å². The molecule has 0 atom stereocenters. The molecule has 3 heterocycles. The Morgan fingerprint density at radius 2 is 2.08 bits per heavy atom. The standard InChI is InChI=1S/C18H20N4O2S2/c1-4-8-19-15-12(9-13-17(24)21(5-2)18(25)26-13)16(23)22-10-11(3)6-7-14(22)20-15/h6-7,9-10,19H,4-5,8H2,1-3H3/b13-9+. The molecule has 3 rings (SSSR count). The lowest BCUT2D eigenvalue weighted by atomic mass is 10.2. The summed E-state index contributed by atoms with van der Waals surface area (Å²) in [6.45, 7) is 7.02. The maximum absolute atomic E-state index is 13.1. The molecule has 1 amide bonds. The van der Waals surface area contributed by atoms with Crippen LogP contribution in [0.3, 0.4) is 0 Å². The van der Waals surface area contributed by atoms with Crippen molar-refractivity contribution in [1.82, 2.24) is 14.3 Å². The number of thioether (sulfide) groups is 1. The van der Waals surface area contributed by atoms with Gasteiger partial charge in [-0.3, -0.25) is 18.9 Å². The van der Waals surface area contributed by atoms with Gasteiger partial charge in [-0.15, -0.1) is 0 Å². The summed E-state index contributed by atoms with van der Waals surface area (Å²) >= 11 is 6.47. The van der Waals surface area contributed by atoms with Crippen LogP contribution in [-0.2, 0) is 4.79 Å². The summed E-state index contributed by atoms with van der Waals surface area (Å²) in [7, 11) is 0. The van der Waals surface area contributed by atoms with Crippen molar-refractivity contribution in [2.75, 3.05) is 18.4 Å². The Kier molecular flexibility index (Phi) is 5.43. The molecule has 26 heavy (non-hydrogen) atoms. The molecular formula is C18H20N4O2S2. The second-order valence-corrected chi connectivity index (χ2v) is 7.64. The van der Waals surface area contributed by atoms with Crippen molar-refractivity contribution in [2.24, 2.45) is 0 Å². The smallest absolute Gasteiger partial charge is 0.267 e. The third kappa shape index (κ3) is 3.39. The molecular weight excluding hydrogens is 368 g/mol. The Balaban J connectivity index is 2.18. The van der Waals surface area contributed by atoms with Crippen molar-refractivity contribution >= 4 is 51.7 Å². The van der Waals surface area contributed by atoms with E-state index in [9.17, 15) is 9.59 Å². The second-order valence-electron chi connectivity index (χ2n) is 5.97. The minimum atomic E-state index is -0.209. The van der Waals surface area contributed by atoms with Crippen molar-refractivity contribution in [3.63, 3.8) is 0 Å². The van der Waals surface area contributed by atoms with Crippen LogP contribution in [-0.4, -0.2) is 37.6 Å². The maximum atomic E-state index is 13.1. The number of hydrogen-bond donors (Lipinski definition) is 1. The van der Waals surface area contributed by atoms with Gasteiger partial charge in [-0.05, 0) is 38.0 Å². The van der Waals surface area contributed by atoms with Crippen LogP contribution in [0.2, 0.25) is 0 Å². The highest BCUT2D eigenvalue weighted by Crippen LogP contribution is 2.32. The van der Waals surface area contributed by atoms with Crippen LogP contribution in [0, 0.1) is 6.92 Å². The molecule has 2 aromatic heterocycles. The average molecular weight is 389 g/mol. The molecule has 1 aliphatic rings. The summed E-state index contributed by atoms with van der Waals surface area (Å²) < 4.78 is 2.02. The number of nitrogens with one attached hydrogen (secondary N) is 1. The number of aryl methyl sites for hydroxylation is 1. The fourth-order valence-corrected chi connectivity index (χ4v) is 4.04. The summed E-state index contributed by atoms with van der Waals surface area (Å²) in [5, 5.41) is 3.20. The molecule has 2 aromatic rings. The van der Waals surface area contributed by atoms with Crippen LogP contribution >= 0.6 is 24.0 Å². The van der Waals surface area contributed by atoms with Gasteiger partial charge in [0, 0.05) is 19.3 Å². The first-order chi connectivity index (χ1) is 12.5. The summed E-state index contributed by atoms with van der Waals surface area (Å²) in [6, 6.07) is 3.73. The zero-order valence-electron chi connectivity index (χ0n) is 14.9. The van der Waals surface area contributed by atoms with Gasteiger partial charge < -0.3 is 5.32 Å². The highest BCUT2D eigenvalue weighted by Gasteiger charge is 2.31. The molecule has 0 radical (unpaired) electrons. The normalized spacial score (nSPS) is 16.1. The van der Waals surface area contributed by atoms with E-state index in [0.717, 1.165) is 12.0 Å². The van der Waals surface area contributed by atoms with E-state index in [1.165, 1.54) is 21.1 Å². The molecule has 0 aromatic carbocycles. The molecule has 0 aliphatic carbocycles. The zero-order chi connectivity index (χ0) is 18.8. The average Bonchev–Trinajstić information content (AvgIpc) is 2.89. The first-order valence-electron chi connectivity index (χ1n) is 8.48. The SMILES string of the molecule is CCCNc1nc2ccc(C)cn2c(=O)c1/C=C1/SC(=S)N(CC)C1=O. The van der Waals surface area contributed by atoms with E-state index in [4.69, 9.17) is 12.2 Å². The second kappa shape index (κ2) is 7.59. The lowest BCUT2D eigenvalue weighted by molar-refractivity contribution is -0.121. The van der Waals surface area contributed by atoms with Crippen molar-refractivity contribution in [2.45, 2.75) is 27.2 Å². The minimum Gasteiger partial charge on any atom is -0.369 e. The lowest BCUT2D eigenvalue weighted by Crippen LogP contribution is -2.27. The number of rotatable bonds is 5. The first-order valence-corrected chi connectivity index (χ1v) is 9.71. The van der Waals surface area contributed by atoms with E-state index in [2.05, 4.69) is 10.3 Å². The number of carbonyl (C=O) groups excluding carboxylic acids is 1. The molecule has 136 valence electrons. The van der Waals surface area contributed by atoms with E-state index >= 15 is 0 Å². The number of fused-ring (bicyclic) bond motifs is 1. The van der Waals surface area contributed by atoms with Gasteiger partial charge in [-0.25, -0.2) is 4.98 Å². The van der Waals surface area contributed by atoms with Crippen LogP contribution in [0.5, 0.6) is 0 Å². The van der Waals surface area contributed by atoms with E-state index in [1.54, 1.807) is 12.3 Å². The Morgan fingerprint density at radius 3 is 2.73 bits per heavy atom. The van der Waals surface area contributed by atoms with Crippen LogP contribution in [0.15, 0.2) is 28.0 Å². The van der Waals surface area contributed by atoms with E-state index in [0.29, 0.717) is 39.3 Å². The Labute approximate surface area is 161 Å². The molecule has 1 N–H and O–H groups in total. The van der Waals surface area contributed by atoms with Gasteiger partial charge in [0.25, 0.3) is 11.5 Å². The van der Waals surface area contributed by atoms with Crippen molar-refractivity contribution in [3.8, 4) is 0 Å². The molecule has 0 bridgehead atoms. The minimum absolute atomic E-state index is 0.169. The van der Waals surface area contributed by atoms with Crippen molar-refractivity contribution < 1.29 is 4.79 Å². The van der Waals surface area contributed by atoms with Gasteiger partial charge in [-0.1, -0.05) is 37.0 Å². The first kappa shape index (κ1) is 18.6. The molecule has 6 nitrogen and oxygen atoms in total. The third-order valence-electron chi connectivity index (χ3n) is 4.01. The molecule has 1 fully saturated rings. The summed E-state index contributed by atoms with van der Waals surface area (Å²) in [4.78, 5) is 32.1. The monoisotopic (exact) mass is 388 g/mol. The van der Waals surface area contributed by atoms with Gasteiger partial charge in [0.15, 0.2) is 0 Å². The number of hydrogen-bond acceptors (Lipinski definition) is 6. The molecule has 1 aliphatic heterocycles. The van der Waals surface area contributed by atoms with E-state index < -0.39 is 0 Å². The fraction of sp³-hybridized carbons (Fsp3) is 0.333. The predicted molar refractivity (Wildman–Crippen MR) is 111 cm³/mol. The number of anilines is 1. The number of likely N-dealkylation sites (N-methyl/N-ethyl adjacent to an activating group) is 1. The van der Waals surface area contributed by atoms with Gasteiger partial charge in [0.1, 0.15) is 15.8 Å². The van der Waals surface area contributed by atoms with Gasteiger partial charge in [-0.2, -0.15) is 0 Å². The molecule has 0 saturated carbocycles. The quantitative estimate of drug-likeness (QED) is 0.627. The predicted octanol–water partition coefficient (Wildman–Crippen LogP) is 3.05. The van der Waals surface area contributed by atoms with Crippen LogP contribution in [0.25, 0.3) is 11.7 Å². The Bertz CT molecular complexity index is 981. The van der Waals surface area contributed by atoms with Crippen LogP contribution in [0.4, 0.5) is 5.82 Å². The Morgan fingerprint density at radius 1 is 1.31 bits per heavy atom. The molecule has 8 heteroatoms. The number of carbonyl (C=O) groups is 1. The van der Waals surface area contributed by atoms with Gasteiger partial charge >= 0.3 is 0 Å². The van der Waals surface area contributed by atoms with Gasteiger partial charge in [0.2, 0.25) is 0 Å². The summed E-state index contributed by atoms with van der Waals surface area (Å²) in [5.41, 5.74) is 1.69. The number of nitrogens with zero attached hydrogens (tertiary/aromatic N) is 3. The van der Waals surface area contributed by atoms with Crippen molar-refractivity contribution in [1.29, 1.82) is 0 Å². The Hall–Kier alpha value is -2.19. The lowest BCUT2D eigenvalue weighted by Gasteiger charge is -2.11. The number of aromatic nitrogens is 2. The number of pyridine rings is 1. The van der Waals surface area contributed by atoms with Crippen LogP contribution in [0.1, 0.15) is 31.4 Å². The topological polar surface area (TPSA) is 66.7 Å². The molecule has 1 saturated heterocycles. The van der Waals surface area contributed by atoms with E-state index in [-0.39, 0.29) is 11.5 Å². The number of amides is 1. The van der Waals surface area contributed by atoms with E-state index in [1.807, 2.05) is 32.9 Å². The number of thiocarbonyl (C=S) groups is 1. The zero-order valence-corrected chi connectivity index (χ0v) is 16.5. The maximum Gasteiger partial charge on any atom is 0.267 e. The fourth-order valence-electron chi connectivity index (χ4n) is 2.67. The molecule has 0 spiro atoms. The third-order valence-corrected chi connectivity index (χ3v) is 5.39. The highest BCUT2D eigenvalue weighted by atomic mass is 32.2. The van der Waals surface area contributed by atoms with Gasteiger partial charge in [0.05, 0.1) is 10.5 Å². The largest absolute Gasteiger partial charge is 0.369 e. The van der Waals surface area contributed by atoms with Crippen LogP contribution < -0.4 is 10.9 Å². The molecule has 0 unspecified atom stereocenters. The summed E-state index contributed by atoms with van der Waals surface area (Å²) in [6.07, 6.45) is 4.26.